The Morgan fingerprint density at radius 1 is 1.09 bits per heavy atom. The highest BCUT2D eigenvalue weighted by atomic mass is 79.9. The molecular formula is C28H29BrN4O. The Kier molecular flexibility index (Phi) is 6.53. The smallest absolute Gasteiger partial charge is 0.228 e. The molecule has 1 N–H and O–H groups in total. The number of piperidine rings is 1. The summed E-state index contributed by atoms with van der Waals surface area (Å²) in [7, 11) is 0. The van der Waals surface area contributed by atoms with Crippen LogP contribution in [0.1, 0.15) is 29.8 Å². The standard InChI is InChI=1S/C28H29BrN4O/c1-19-9-14-24(20(2)16-19)31-28(34)21-6-5-15-32(17-21)18-27-30-25-7-3-4-8-26(25)33(27)23-12-10-22(29)11-13-23/h3-4,7-14,16,21H,5-6,15,17-18H2,1-2H3,(H,31,34)/t21-/m1/s1. The van der Waals surface area contributed by atoms with Crippen molar-refractivity contribution in [1.29, 1.82) is 0 Å². The van der Waals surface area contributed by atoms with Crippen molar-refractivity contribution < 1.29 is 4.79 Å². The summed E-state index contributed by atoms with van der Waals surface area (Å²) < 4.78 is 3.29. The van der Waals surface area contributed by atoms with E-state index < -0.39 is 0 Å². The number of carbonyl (C=O) groups excluding carboxylic acids is 1. The van der Waals surface area contributed by atoms with Crippen LogP contribution in [-0.4, -0.2) is 33.4 Å². The molecule has 1 aliphatic heterocycles. The van der Waals surface area contributed by atoms with Crippen LogP contribution in [0, 0.1) is 19.8 Å². The molecule has 0 aliphatic carbocycles. The maximum atomic E-state index is 13.1. The zero-order valence-corrected chi connectivity index (χ0v) is 21.2. The fourth-order valence-corrected chi connectivity index (χ4v) is 5.13. The summed E-state index contributed by atoms with van der Waals surface area (Å²) in [5.74, 6) is 1.08. The van der Waals surface area contributed by atoms with Crippen LogP contribution in [-0.2, 0) is 11.3 Å². The lowest BCUT2D eigenvalue weighted by Gasteiger charge is -2.32. The fraction of sp³-hybridized carbons (Fsp3) is 0.286. The van der Waals surface area contributed by atoms with Gasteiger partial charge in [0.2, 0.25) is 5.91 Å². The van der Waals surface area contributed by atoms with Crippen LogP contribution in [0.5, 0.6) is 0 Å². The van der Waals surface area contributed by atoms with Crippen molar-refractivity contribution in [2.45, 2.75) is 33.2 Å². The average molecular weight is 517 g/mol. The molecule has 6 heteroatoms. The van der Waals surface area contributed by atoms with E-state index in [-0.39, 0.29) is 11.8 Å². The zero-order chi connectivity index (χ0) is 23.7. The number of imidazole rings is 1. The number of carbonyl (C=O) groups is 1. The molecule has 0 unspecified atom stereocenters. The summed E-state index contributed by atoms with van der Waals surface area (Å²) in [5, 5.41) is 3.16. The number of aryl methyl sites for hydroxylation is 2. The van der Waals surface area contributed by atoms with Gasteiger partial charge in [-0.3, -0.25) is 14.3 Å². The highest BCUT2D eigenvalue weighted by Crippen LogP contribution is 2.26. The Morgan fingerprint density at radius 2 is 1.88 bits per heavy atom. The van der Waals surface area contributed by atoms with Crippen LogP contribution in [0.15, 0.2) is 71.2 Å². The predicted molar refractivity (Wildman–Crippen MR) is 141 cm³/mol. The third kappa shape index (κ3) is 4.79. The molecule has 174 valence electrons. The van der Waals surface area contributed by atoms with Gasteiger partial charge < -0.3 is 5.32 Å². The van der Waals surface area contributed by atoms with Crippen LogP contribution in [0.3, 0.4) is 0 Å². The molecule has 3 aromatic carbocycles. The van der Waals surface area contributed by atoms with E-state index >= 15 is 0 Å². The van der Waals surface area contributed by atoms with Crippen molar-refractivity contribution in [2.75, 3.05) is 18.4 Å². The number of hydrogen-bond acceptors (Lipinski definition) is 3. The minimum atomic E-state index is -0.0278. The summed E-state index contributed by atoms with van der Waals surface area (Å²) in [4.78, 5) is 20.4. The maximum Gasteiger partial charge on any atom is 0.228 e. The number of benzene rings is 3. The van der Waals surface area contributed by atoms with E-state index in [0.717, 1.165) is 64.2 Å². The number of fused-ring (bicyclic) bond motifs is 1. The van der Waals surface area contributed by atoms with Crippen molar-refractivity contribution in [3.63, 3.8) is 0 Å². The Bertz CT molecular complexity index is 1330. The average Bonchev–Trinajstić information content (AvgIpc) is 3.19. The summed E-state index contributed by atoms with van der Waals surface area (Å²) in [5.41, 5.74) is 6.39. The monoisotopic (exact) mass is 516 g/mol. The third-order valence-corrected chi connectivity index (χ3v) is 7.12. The molecule has 0 saturated carbocycles. The molecule has 1 aliphatic rings. The second kappa shape index (κ2) is 9.72. The van der Waals surface area contributed by atoms with Crippen molar-refractivity contribution in [2.24, 2.45) is 5.92 Å². The molecular weight excluding hydrogens is 488 g/mol. The van der Waals surface area contributed by atoms with Crippen LogP contribution in [0.2, 0.25) is 0 Å². The molecule has 1 atom stereocenters. The van der Waals surface area contributed by atoms with Gasteiger partial charge in [-0.2, -0.15) is 0 Å². The maximum absolute atomic E-state index is 13.1. The minimum absolute atomic E-state index is 0.0278. The first kappa shape index (κ1) is 22.8. The normalized spacial score (nSPS) is 16.6. The molecule has 0 radical (unpaired) electrons. The van der Waals surface area contributed by atoms with Crippen LogP contribution >= 0.6 is 15.9 Å². The number of halogens is 1. The molecule has 1 fully saturated rings. The van der Waals surface area contributed by atoms with Crippen LogP contribution < -0.4 is 5.32 Å². The van der Waals surface area contributed by atoms with E-state index in [9.17, 15) is 4.79 Å². The van der Waals surface area contributed by atoms with Gasteiger partial charge >= 0.3 is 0 Å². The van der Waals surface area contributed by atoms with Crippen molar-refractivity contribution >= 4 is 38.6 Å². The quantitative estimate of drug-likeness (QED) is 0.340. The van der Waals surface area contributed by atoms with Crippen LogP contribution in [0.25, 0.3) is 16.7 Å². The molecule has 0 spiro atoms. The lowest BCUT2D eigenvalue weighted by Crippen LogP contribution is -2.40. The second-order valence-electron chi connectivity index (χ2n) is 9.21. The third-order valence-electron chi connectivity index (χ3n) is 6.60. The van der Waals surface area contributed by atoms with Gasteiger partial charge in [0.15, 0.2) is 0 Å². The first-order chi connectivity index (χ1) is 16.5. The molecule has 1 aromatic heterocycles. The molecule has 0 bridgehead atoms. The van der Waals surface area contributed by atoms with Gasteiger partial charge in [-0.05, 0) is 81.3 Å². The summed E-state index contributed by atoms with van der Waals surface area (Å²) in [6.45, 7) is 6.52. The largest absolute Gasteiger partial charge is 0.326 e. The van der Waals surface area contributed by atoms with E-state index in [1.807, 2.05) is 25.1 Å². The Hall–Kier alpha value is -2.96. The summed E-state index contributed by atoms with van der Waals surface area (Å²) in [6, 6.07) is 22.7. The van der Waals surface area contributed by atoms with Gasteiger partial charge in [0.1, 0.15) is 5.82 Å². The number of rotatable bonds is 5. The Labute approximate surface area is 208 Å². The van der Waals surface area contributed by atoms with E-state index in [0.29, 0.717) is 6.54 Å². The summed E-state index contributed by atoms with van der Waals surface area (Å²) >= 11 is 3.54. The molecule has 1 saturated heterocycles. The number of likely N-dealkylation sites (tertiary alicyclic amines) is 1. The van der Waals surface area contributed by atoms with E-state index in [1.165, 1.54) is 5.56 Å². The molecule has 34 heavy (non-hydrogen) atoms. The van der Waals surface area contributed by atoms with Gasteiger partial charge in [0.05, 0.1) is 23.5 Å². The number of para-hydroxylation sites is 2. The Balaban J connectivity index is 1.36. The number of anilines is 1. The second-order valence-corrected chi connectivity index (χ2v) is 10.1. The van der Waals surface area contributed by atoms with Gasteiger partial charge in [0, 0.05) is 22.4 Å². The van der Waals surface area contributed by atoms with E-state index in [4.69, 9.17) is 4.98 Å². The predicted octanol–water partition coefficient (Wildman–Crippen LogP) is 6.26. The molecule has 4 aromatic rings. The minimum Gasteiger partial charge on any atom is -0.326 e. The highest BCUT2D eigenvalue weighted by molar-refractivity contribution is 9.10. The topological polar surface area (TPSA) is 50.2 Å². The lowest BCUT2D eigenvalue weighted by molar-refractivity contribution is -0.121. The Morgan fingerprint density at radius 3 is 2.68 bits per heavy atom. The first-order valence-electron chi connectivity index (χ1n) is 11.8. The first-order valence-corrected chi connectivity index (χ1v) is 12.6. The number of nitrogens with zero attached hydrogens (tertiary/aromatic N) is 3. The SMILES string of the molecule is Cc1ccc(NC(=O)[C@@H]2CCCN(Cc3nc4ccccc4n3-c3ccc(Br)cc3)C2)c(C)c1. The number of aromatic nitrogens is 2. The highest BCUT2D eigenvalue weighted by Gasteiger charge is 2.27. The number of amides is 1. The van der Waals surface area contributed by atoms with Gasteiger partial charge in [-0.1, -0.05) is 45.8 Å². The van der Waals surface area contributed by atoms with Crippen molar-refractivity contribution in [1.82, 2.24) is 14.5 Å². The molecule has 1 amide bonds. The molecule has 5 nitrogen and oxygen atoms in total. The van der Waals surface area contributed by atoms with E-state index in [2.05, 4.69) is 86.2 Å². The number of hydrogen-bond donors (Lipinski definition) is 1. The van der Waals surface area contributed by atoms with E-state index in [1.54, 1.807) is 0 Å². The fourth-order valence-electron chi connectivity index (χ4n) is 4.86. The van der Waals surface area contributed by atoms with Gasteiger partial charge in [-0.25, -0.2) is 4.98 Å². The van der Waals surface area contributed by atoms with Gasteiger partial charge in [-0.15, -0.1) is 0 Å². The molecule has 5 rings (SSSR count). The molecule has 2 heterocycles. The van der Waals surface area contributed by atoms with Gasteiger partial charge in [0.25, 0.3) is 0 Å². The van der Waals surface area contributed by atoms with Crippen molar-refractivity contribution in [3.05, 3.63) is 88.2 Å². The summed E-state index contributed by atoms with van der Waals surface area (Å²) in [6.07, 6.45) is 1.92. The van der Waals surface area contributed by atoms with Crippen LogP contribution in [0.4, 0.5) is 5.69 Å². The van der Waals surface area contributed by atoms with Crippen molar-refractivity contribution in [3.8, 4) is 5.69 Å². The number of nitrogens with one attached hydrogen (secondary N) is 1. The zero-order valence-electron chi connectivity index (χ0n) is 19.6. The lowest BCUT2D eigenvalue weighted by atomic mass is 9.96.